The van der Waals surface area contributed by atoms with E-state index in [1.54, 1.807) is 12.1 Å². The Balaban J connectivity index is 1.61. The van der Waals surface area contributed by atoms with Gasteiger partial charge in [0.1, 0.15) is 5.82 Å². The first-order valence-corrected chi connectivity index (χ1v) is 7.81. The van der Waals surface area contributed by atoms with Gasteiger partial charge in [-0.1, -0.05) is 12.1 Å². The first kappa shape index (κ1) is 12.3. The van der Waals surface area contributed by atoms with Crippen LogP contribution < -0.4 is 4.90 Å². The molecule has 1 unspecified atom stereocenters. The highest BCUT2D eigenvalue weighted by molar-refractivity contribution is 7.99. The molecule has 1 atom stereocenters. The molecule has 2 aliphatic rings. The largest absolute Gasteiger partial charge is 0.367 e. The van der Waals surface area contributed by atoms with Gasteiger partial charge in [0.25, 0.3) is 0 Å². The molecule has 2 fully saturated rings. The summed E-state index contributed by atoms with van der Waals surface area (Å²) in [4.78, 5) is 4.76. The number of nitrogens with zero attached hydrogens (tertiary/aromatic N) is 2. The van der Waals surface area contributed by atoms with Crippen LogP contribution in [-0.4, -0.2) is 48.6 Å². The Hall–Kier alpha value is -0.740. The molecule has 0 saturated carbocycles. The van der Waals surface area contributed by atoms with Gasteiger partial charge in [-0.3, -0.25) is 4.90 Å². The van der Waals surface area contributed by atoms with Gasteiger partial charge in [-0.15, -0.1) is 0 Å². The molecular weight excluding hydrogens is 247 g/mol. The van der Waals surface area contributed by atoms with E-state index in [4.69, 9.17) is 0 Å². The van der Waals surface area contributed by atoms with Crippen LogP contribution in [0.15, 0.2) is 24.3 Å². The molecule has 2 saturated heterocycles. The van der Waals surface area contributed by atoms with Crippen LogP contribution in [0.2, 0.25) is 0 Å². The molecule has 2 nitrogen and oxygen atoms in total. The van der Waals surface area contributed by atoms with Gasteiger partial charge in [-0.2, -0.15) is 11.8 Å². The maximum absolute atomic E-state index is 13.7. The number of anilines is 1. The number of halogens is 1. The van der Waals surface area contributed by atoms with Gasteiger partial charge in [-0.05, 0) is 24.3 Å². The molecule has 4 heteroatoms. The van der Waals surface area contributed by atoms with Crippen molar-refractivity contribution in [3.63, 3.8) is 0 Å². The van der Waals surface area contributed by atoms with E-state index in [0.29, 0.717) is 0 Å². The van der Waals surface area contributed by atoms with Crippen LogP contribution in [-0.2, 0) is 0 Å². The van der Waals surface area contributed by atoms with E-state index in [9.17, 15) is 4.39 Å². The van der Waals surface area contributed by atoms with E-state index in [0.717, 1.165) is 37.9 Å². The van der Waals surface area contributed by atoms with Crippen molar-refractivity contribution < 1.29 is 4.39 Å². The lowest BCUT2D eigenvalue weighted by molar-refractivity contribution is 0.200. The molecule has 0 amide bonds. The third-order valence-corrected chi connectivity index (χ3v) is 5.07. The average Bonchev–Trinajstić information content (AvgIpc) is 2.94. The van der Waals surface area contributed by atoms with E-state index in [1.165, 1.54) is 17.9 Å². The Bertz CT molecular complexity index is 399. The lowest BCUT2D eigenvalue weighted by Crippen LogP contribution is -2.50. The minimum absolute atomic E-state index is 0.0950. The fourth-order valence-electron chi connectivity index (χ4n) is 2.85. The predicted octanol–water partition coefficient (Wildman–Crippen LogP) is 2.45. The van der Waals surface area contributed by atoms with Crippen LogP contribution >= 0.6 is 11.8 Å². The van der Waals surface area contributed by atoms with Crippen LogP contribution in [0.3, 0.4) is 0 Å². The maximum Gasteiger partial charge on any atom is 0.146 e. The number of hydrogen-bond donors (Lipinski definition) is 0. The Morgan fingerprint density at radius 2 is 1.89 bits per heavy atom. The molecule has 0 bridgehead atoms. The zero-order chi connectivity index (χ0) is 12.4. The topological polar surface area (TPSA) is 6.48 Å². The van der Waals surface area contributed by atoms with E-state index >= 15 is 0 Å². The summed E-state index contributed by atoms with van der Waals surface area (Å²) in [5.41, 5.74) is 0.762. The second kappa shape index (κ2) is 5.49. The lowest BCUT2D eigenvalue weighted by Gasteiger charge is -2.39. The normalized spacial score (nSPS) is 25.6. The third-order valence-electron chi connectivity index (χ3n) is 3.93. The molecule has 2 aliphatic heterocycles. The van der Waals surface area contributed by atoms with E-state index in [-0.39, 0.29) is 5.82 Å². The lowest BCUT2D eigenvalue weighted by atomic mass is 10.1. The quantitative estimate of drug-likeness (QED) is 0.812. The summed E-state index contributed by atoms with van der Waals surface area (Å²) < 4.78 is 13.7. The number of thioether (sulfide) groups is 1. The summed E-state index contributed by atoms with van der Waals surface area (Å²) in [5.74, 6) is 2.49. The standard InChI is InChI=1S/C14H19FN2S/c15-13-3-1-2-4-14(13)17-8-6-16(7-9-17)12-5-10-18-11-12/h1-4,12H,5-11H2. The fraction of sp³-hybridized carbons (Fsp3) is 0.571. The molecule has 18 heavy (non-hydrogen) atoms. The summed E-state index contributed by atoms with van der Waals surface area (Å²) >= 11 is 2.06. The summed E-state index contributed by atoms with van der Waals surface area (Å²) in [5, 5.41) is 0. The number of hydrogen-bond acceptors (Lipinski definition) is 3. The van der Waals surface area contributed by atoms with Crippen molar-refractivity contribution >= 4 is 17.4 Å². The Morgan fingerprint density at radius 1 is 1.11 bits per heavy atom. The molecule has 3 rings (SSSR count). The minimum Gasteiger partial charge on any atom is -0.367 e. The summed E-state index contributed by atoms with van der Waals surface area (Å²) in [6.07, 6.45) is 1.32. The fourth-order valence-corrected chi connectivity index (χ4v) is 4.10. The van der Waals surface area contributed by atoms with Gasteiger partial charge in [0, 0.05) is 38.0 Å². The second-order valence-electron chi connectivity index (χ2n) is 4.99. The van der Waals surface area contributed by atoms with Crippen molar-refractivity contribution in [1.82, 2.24) is 4.90 Å². The Kier molecular flexibility index (Phi) is 3.75. The van der Waals surface area contributed by atoms with E-state index < -0.39 is 0 Å². The van der Waals surface area contributed by atoms with Gasteiger partial charge in [0.2, 0.25) is 0 Å². The summed E-state index contributed by atoms with van der Waals surface area (Å²) in [6, 6.07) is 7.87. The maximum atomic E-state index is 13.7. The zero-order valence-corrected chi connectivity index (χ0v) is 11.3. The monoisotopic (exact) mass is 266 g/mol. The van der Waals surface area contributed by atoms with Crippen molar-refractivity contribution in [2.45, 2.75) is 12.5 Å². The van der Waals surface area contributed by atoms with Gasteiger partial charge in [0.15, 0.2) is 0 Å². The minimum atomic E-state index is -0.0950. The molecule has 0 radical (unpaired) electrons. The first-order chi connectivity index (χ1) is 8.84. The molecular formula is C14H19FN2S. The molecule has 0 spiro atoms. The highest BCUT2D eigenvalue weighted by Gasteiger charge is 2.27. The number of piperazine rings is 1. The van der Waals surface area contributed by atoms with Gasteiger partial charge < -0.3 is 4.90 Å². The summed E-state index contributed by atoms with van der Waals surface area (Å²) in [7, 11) is 0. The van der Waals surface area contributed by atoms with Gasteiger partial charge in [-0.25, -0.2) is 4.39 Å². The van der Waals surface area contributed by atoms with E-state index in [1.807, 2.05) is 12.1 Å². The molecule has 0 aliphatic carbocycles. The third kappa shape index (κ3) is 2.50. The van der Waals surface area contributed by atoms with Crippen molar-refractivity contribution in [3.05, 3.63) is 30.1 Å². The highest BCUT2D eigenvalue weighted by atomic mass is 32.2. The molecule has 1 aromatic carbocycles. The van der Waals surface area contributed by atoms with Crippen molar-refractivity contribution in [1.29, 1.82) is 0 Å². The van der Waals surface area contributed by atoms with Crippen molar-refractivity contribution in [2.24, 2.45) is 0 Å². The van der Waals surface area contributed by atoms with Gasteiger partial charge >= 0.3 is 0 Å². The highest BCUT2D eigenvalue weighted by Crippen LogP contribution is 2.25. The number of rotatable bonds is 2. The molecule has 1 aromatic rings. The van der Waals surface area contributed by atoms with Crippen molar-refractivity contribution in [2.75, 3.05) is 42.6 Å². The SMILES string of the molecule is Fc1ccccc1N1CCN(C2CCSC2)CC1. The molecule has 0 aromatic heterocycles. The van der Waals surface area contributed by atoms with Gasteiger partial charge in [0.05, 0.1) is 5.69 Å². The first-order valence-electron chi connectivity index (χ1n) is 6.66. The predicted molar refractivity (Wildman–Crippen MR) is 75.9 cm³/mol. The number of para-hydroxylation sites is 1. The molecule has 0 N–H and O–H groups in total. The average molecular weight is 266 g/mol. The van der Waals surface area contributed by atoms with Crippen LogP contribution in [0.4, 0.5) is 10.1 Å². The van der Waals surface area contributed by atoms with Crippen LogP contribution in [0, 0.1) is 5.82 Å². The second-order valence-corrected chi connectivity index (χ2v) is 6.14. The van der Waals surface area contributed by atoms with Crippen LogP contribution in [0.25, 0.3) is 0 Å². The van der Waals surface area contributed by atoms with Crippen molar-refractivity contribution in [3.8, 4) is 0 Å². The molecule has 98 valence electrons. The van der Waals surface area contributed by atoms with E-state index in [2.05, 4.69) is 21.6 Å². The Labute approximate surface area is 112 Å². The Morgan fingerprint density at radius 3 is 2.56 bits per heavy atom. The zero-order valence-electron chi connectivity index (χ0n) is 10.5. The van der Waals surface area contributed by atoms with Crippen LogP contribution in [0.5, 0.6) is 0 Å². The summed E-state index contributed by atoms with van der Waals surface area (Å²) in [6.45, 7) is 4.03. The smallest absolute Gasteiger partial charge is 0.146 e. The number of benzene rings is 1. The molecule has 2 heterocycles. The van der Waals surface area contributed by atoms with Crippen LogP contribution in [0.1, 0.15) is 6.42 Å².